The SMILES string of the molecule is CCc1cnc(N(CCc2csc(SC(C)(C)C(=O)O)n2)Cc2ccc(-c3cnccn3)cc2)nc1.Cl. The first-order chi connectivity index (χ1) is 17.3. The molecule has 0 aliphatic rings. The third kappa shape index (κ3) is 7.70. The van der Waals surface area contributed by atoms with Gasteiger partial charge in [0, 0.05) is 55.2 Å². The number of rotatable bonds is 11. The van der Waals surface area contributed by atoms with Crippen molar-refractivity contribution >= 4 is 47.4 Å². The molecule has 0 aliphatic heterocycles. The number of thioether (sulfide) groups is 1. The second-order valence-electron chi connectivity index (χ2n) is 8.73. The summed E-state index contributed by atoms with van der Waals surface area (Å²) in [6.45, 7) is 6.78. The highest BCUT2D eigenvalue weighted by molar-refractivity contribution is 8.03. The second kappa shape index (κ2) is 12.9. The van der Waals surface area contributed by atoms with Gasteiger partial charge in [0.25, 0.3) is 0 Å². The summed E-state index contributed by atoms with van der Waals surface area (Å²) in [7, 11) is 0. The van der Waals surface area contributed by atoms with E-state index >= 15 is 0 Å². The van der Waals surface area contributed by atoms with Crippen LogP contribution in [0.3, 0.4) is 0 Å². The Hall–Kier alpha value is -3.08. The number of carboxylic acids is 1. The van der Waals surface area contributed by atoms with Gasteiger partial charge >= 0.3 is 5.97 Å². The molecular weight excluding hydrogens is 528 g/mol. The van der Waals surface area contributed by atoms with E-state index < -0.39 is 10.7 Å². The summed E-state index contributed by atoms with van der Waals surface area (Å²) in [6, 6.07) is 8.27. The quantitative estimate of drug-likeness (QED) is 0.237. The second-order valence-corrected chi connectivity index (χ2v) is 11.5. The lowest BCUT2D eigenvalue weighted by Crippen LogP contribution is -2.27. The molecule has 1 N–H and O–H groups in total. The minimum absolute atomic E-state index is 0. The molecule has 0 fully saturated rings. The molecule has 0 saturated heterocycles. The number of carbonyl (C=O) groups is 1. The van der Waals surface area contributed by atoms with E-state index in [2.05, 4.69) is 48.9 Å². The molecule has 37 heavy (non-hydrogen) atoms. The number of aryl methyl sites for hydroxylation is 1. The summed E-state index contributed by atoms with van der Waals surface area (Å²) in [4.78, 5) is 36.0. The lowest BCUT2D eigenvalue weighted by molar-refractivity contribution is -0.138. The fourth-order valence-electron chi connectivity index (χ4n) is 3.35. The minimum Gasteiger partial charge on any atom is -0.480 e. The van der Waals surface area contributed by atoms with Gasteiger partial charge in [0.05, 0.1) is 17.6 Å². The Labute approximate surface area is 231 Å². The van der Waals surface area contributed by atoms with Crippen molar-refractivity contribution in [2.24, 2.45) is 0 Å². The van der Waals surface area contributed by atoms with E-state index in [1.165, 1.54) is 23.1 Å². The molecule has 0 bridgehead atoms. The summed E-state index contributed by atoms with van der Waals surface area (Å²) < 4.78 is -0.167. The van der Waals surface area contributed by atoms with Crippen LogP contribution in [0.15, 0.2) is 65.0 Å². The minimum atomic E-state index is -0.923. The Balaban J connectivity index is 0.00000380. The Bertz CT molecular complexity index is 1280. The average molecular weight is 557 g/mol. The zero-order chi connectivity index (χ0) is 25.5. The number of hydrogen-bond donors (Lipinski definition) is 1. The van der Waals surface area contributed by atoms with Gasteiger partial charge in [-0.25, -0.2) is 15.0 Å². The van der Waals surface area contributed by atoms with Gasteiger partial charge in [-0.1, -0.05) is 43.0 Å². The number of benzene rings is 1. The van der Waals surface area contributed by atoms with Gasteiger partial charge in [-0.2, -0.15) is 0 Å². The van der Waals surface area contributed by atoms with E-state index in [1.54, 1.807) is 32.4 Å². The standard InChI is InChI=1S/C26H28N6O2S2.ClH/c1-4-18-13-29-24(30-14-18)32(12-9-21-17-35-25(31-21)36-26(2,3)23(33)34)16-19-5-7-20(8-6-19)22-15-27-10-11-28-22;/h5-8,10-11,13-15,17H,4,9,12,16H2,1-3H3,(H,33,34);1H. The van der Waals surface area contributed by atoms with Crippen LogP contribution in [0, 0.1) is 0 Å². The molecule has 4 aromatic rings. The number of nitrogens with zero attached hydrogens (tertiary/aromatic N) is 6. The average Bonchev–Trinajstić information content (AvgIpc) is 3.34. The van der Waals surface area contributed by atoms with Crippen LogP contribution in [0.4, 0.5) is 5.95 Å². The maximum Gasteiger partial charge on any atom is 0.319 e. The summed E-state index contributed by atoms with van der Waals surface area (Å²) in [5, 5.41) is 11.4. The third-order valence-corrected chi connectivity index (χ3v) is 7.77. The Morgan fingerprint density at radius 1 is 1.05 bits per heavy atom. The predicted molar refractivity (Wildman–Crippen MR) is 151 cm³/mol. The lowest BCUT2D eigenvalue weighted by atomic mass is 10.1. The number of hydrogen-bond acceptors (Lipinski definition) is 9. The Morgan fingerprint density at radius 3 is 2.41 bits per heavy atom. The Morgan fingerprint density at radius 2 is 1.78 bits per heavy atom. The number of aromatic nitrogens is 5. The van der Waals surface area contributed by atoms with Gasteiger partial charge in [-0.3, -0.25) is 14.8 Å². The number of aliphatic carboxylic acids is 1. The van der Waals surface area contributed by atoms with Gasteiger partial charge in [0.15, 0.2) is 4.34 Å². The Kier molecular flexibility index (Phi) is 9.96. The van der Waals surface area contributed by atoms with Crippen LogP contribution in [0.25, 0.3) is 11.3 Å². The van der Waals surface area contributed by atoms with E-state index in [-0.39, 0.29) is 12.4 Å². The largest absolute Gasteiger partial charge is 0.480 e. The van der Waals surface area contributed by atoms with E-state index in [1.807, 2.05) is 29.9 Å². The highest BCUT2D eigenvalue weighted by atomic mass is 35.5. The van der Waals surface area contributed by atoms with Crippen molar-refractivity contribution in [3.05, 3.63) is 77.5 Å². The van der Waals surface area contributed by atoms with Crippen molar-refractivity contribution in [2.75, 3.05) is 11.4 Å². The number of halogens is 1. The number of anilines is 1. The maximum atomic E-state index is 11.5. The molecule has 0 atom stereocenters. The van der Waals surface area contributed by atoms with Gasteiger partial charge < -0.3 is 10.0 Å². The van der Waals surface area contributed by atoms with Crippen LogP contribution in [0.5, 0.6) is 0 Å². The molecule has 3 heterocycles. The summed E-state index contributed by atoms with van der Waals surface area (Å²) >= 11 is 2.75. The highest BCUT2D eigenvalue weighted by Gasteiger charge is 2.29. The molecule has 3 aromatic heterocycles. The van der Waals surface area contributed by atoms with Crippen LogP contribution in [-0.4, -0.2) is 47.3 Å². The molecule has 1 aromatic carbocycles. The van der Waals surface area contributed by atoms with Crippen molar-refractivity contribution in [1.29, 1.82) is 0 Å². The maximum absolute atomic E-state index is 11.5. The van der Waals surface area contributed by atoms with Gasteiger partial charge in [0.2, 0.25) is 5.95 Å². The first-order valence-corrected chi connectivity index (χ1v) is 13.3. The number of thiazole rings is 1. The van der Waals surface area contributed by atoms with Gasteiger partial charge in [0.1, 0.15) is 4.75 Å². The fraction of sp³-hybridized carbons (Fsp3) is 0.308. The van der Waals surface area contributed by atoms with Crippen molar-refractivity contribution < 1.29 is 9.90 Å². The predicted octanol–water partition coefficient (Wildman–Crippen LogP) is 5.58. The van der Waals surface area contributed by atoms with Crippen LogP contribution in [0.2, 0.25) is 0 Å². The number of carboxylic acid groups (broad SMARTS) is 1. The molecule has 4 rings (SSSR count). The molecule has 0 radical (unpaired) electrons. The molecule has 0 spiro atoms. The smallest absolute Gasteiger partial charge is 0.319 e. The van der Waals surface area contributed by atoms with Crippen LogP contribution >= 0.6 is 35.5 Å². The van der Waals surface area contributed by atoms with Gasteiger partial charge in [-0.05, 0) is 31.4 Å². The topological polar surface area (TPSA) is 105 Å². The molecule has 194 valence electrons. The van der Waals surface area contributed by atoms with Gasteiger partial charge in [-0.15, -0.1) is 23.7 Å². The van der Waals surface area contributed by atoms with Crippen molar-refractivity contribution in [2.45, 2.75) is 49.2 Å². The molecule has 0 saturated carbocycles. The molecular formula is C26H29ClN6O2S2. The highest BCUT2D eigenvalue weighted by Crippen LogP contribution is 2.34. The van der Waals surface area contributed by atoms with E-state index in [9.17, 15) is 9.90 Å². The first-order valence-electron chi connectivity index (χ1n) is 11.6. The normalized spacial score (nSPS) is 11.1. The molecule has 8 nitrogen and oxygen atoms in total. The molecule has 0 unspecified atom stereocenters. The summed E-state index contributed by atoms with van der Waals surface area (Å²) in [5.74, 6) is -0.185. The summed E-state index contributed by atoms with van der Waals surface area (Å²) in [6.07, 6.45) is 10.4. The van der Waals surface area contributed by atoms with E-state index in [0.717, 1.165) is 38.8 Å². The molecule has 0 aliphatic carbocycles. The van der Waals surface area contributed by atoms with E-state index in [0.29, 0.717) is 25.5 Å². The first kappa shape index (κ1) is 28.5. The fourth-order valence-corrected chi connectivity index (χ4v) is 5.58. The zero-order valence-electron chi connectivity index (χ0n) is 20.9. The van der Waals surface area contributed by atoms with Crippen LogP contribution in [0.1, 0.15) is 37.6 Å². The third-order valence-electron chi connectivity index (χ3n) is 5.60. The zero-order valence-corrected chi connectivity index (χ0v) is 23.3. The van der Waals surface area contributed by atoms with Crippen molar-refractivity contribution in [1.82, 2.24) is 24.9 Å². The van der Waals surface area contributed by atoms with Crippen molar-refractivity contribution in [3.63, 3.8) is 0 Å². The van der Waals surface area contributed by atoms with Crippen molar-refractivity contribution in [3.8, 4) is 11.3 Å². The van der Waals surface area contributed by atoms with E-state index in [4.69, 9.17) is 0 Å². The summed E-state index contributed by atoms with van der Waals surface area (Å²) in [5.41, 5.74) is 5.00. The monoisotopic (exact) mass is 556 g/mol. The molecule has 0 amide bonds. The van der Waals surface area contributed by atoms with Crippen LogP contribution in [-0.2, 0) is 24.2 Å². The van der Waals surface area contributed by atoms with Crippen LogP contribution < -0.4 is 4.90 Å². The molecule has 11 heteroatoms. The lowest BCUT2D eigenvalue weighted by Gasteiger charge is -2.22.